The van der Waals surface area contributed by atoms with Crippen LogP contribution in [0, 0.1) is 5.92 Å². The summed E-state index contributed by atoms with van der Waals surface area (Å²) in [4.78, 5) is 34.5. The van der Waals surface area contributed by atoms with Crippen molar-refractivity contribution in [1.29, 1.82) is 0 Å². The maximum atomic E-state index is 12.0. The zero-order valence-electron chi connectivity index (χ0n) is 12.1. The summed E-state index contributed by atoms with van der Waals surface area (Å²) >= 11 is 0. The number of carbonyl (C=O) groups is 3. The fourth-order valence-electron chi connectivity index (χ4n) is 1.72. The van der Waals surface area contributed by atoms with E-state index in [4.69, 9.17) is 17.2 Å². The Labute approximate surface area is 122 Å². The topological polar surface area (TPSA) is 141 Å². The molecule has 0 fully saturated rings. The highest BCUT2D eigenvalue weighted by Gasteiger charge is 2.20. The van der Waals surface area contributed by atoms with Gasteiger partial charge in [-0.3, -0.25) is 14.4 Å². The third kappa shape index (κ3) is 4.28. The number of benzene rings is 1. The van der Waals surface area contributed by atoms with Gasteiger partial charge < -0.3 is 22.5 Å². The molecule has 21 heavy (non-hydrogen) atoms. The number of nitrogens with two attached hydrogens (primary N) is 3. The van der Waals surface area contributed by atoms with Gasteiger partial charge >= 0.3 is 0 Å². The smallest absolute Gasteiger partial charge is 0.248 e. The van der Waals surface area contributed by atoms with Gasteiger partial charge in [0.05, 0.1) is 6.04 Å². The molecule has 0 aromatic heterocycles. The number of primary amides is 2. The molecular weight excluding hydrogens is 272 g/mol. The van der Waals surface area contributed by atoms with E-state index in [1.165, 1.54) is 18.2 Å². The van der Waals surface area contributed by atoms with E-state index < -0.39 is 23.8 Å². The van der Waals surface area contributed by atoms with E-state index in [-0.39, 0.29) is 22.7 Å². The fraction of sp³-hybridized carbons (Fsp3) is 0.357. The summed E-state index contributed by atoms with van der Waals surface area (Å²) in [5, 5.41) is 2.57. The lowest BCUT2D eigenvalue weighted by Gasteiger charge is -2.18. The van der Waals surface area contributed by atoms with E-state index in [1.807, 2.05) is 13.8 Å². The van der Waals surface area contributed by atoms with E-state index in [0.717, 1.165) is 6.42 Å². The summed E-state index contributed by atoms with van der Waals surface area (Å²) in [5.41, 5.74) is 16.6. The molecule has 0 aliphatic carbocycles. The van der Waals surface area contributed by atoms with Crippen LogP contribution in [0.15, 0.2) is 18.2 Å². The Morgan fingerprint density at radius 2 is 1.57 bits per heavy atom. The molecule has 0 aliphatic rings. The van der Waals surface area contributed by atoms with E-state index >= 15 is 0 Å². The maximum absolute atomic E-state index is 12.0. The molecule has 7 heteroatoms. The molecule has 3 amide bonds. The van der Waals surface area contributed by atoms with E-state index in [0.29, 0.717) is 0 Å². The average Bonchev–Trinajstić information content (AvgIpc) is 2.44. The fourth-order valence-corrected chi connectivity index (χ4v) is 1.72. The second kappa shape index (κ2) is 6.85. The summed E-state index contributed by atoms with van der Waals surface area (Å²) in [7, 11) is 0. The van der Waals surface area contributed by atoms with Crippen molar-refractivity contribution >= 4 is 23.4 Å². The maximum Gasteiger partial charge on any atom is 0.248 e. The van der Waals surface area contributed by atoms with Crippen molar-refractivity contribution in [2.45, 2.75) is 26.3 Å². The predicted molar refractivity (Wildman–Crippen MR) is 79.5 cm³/mol. The van der Waals surface area contributed by atoms with Crippen molar-refractivity contribution in [2.24, 2.45) is 23.1 Å². The van der Waals surface area contributed by atoms with Gasteiger partial charge in [-0.2, -0.15) is 0 Å². The van der Waals surface area contributed by atoms with Gasteiger partial charge in [-0.15, -0.1) is 0 Å². The van der Waals surface area contributed by atoms with Crippen LogP contribution in [-0.2, 0) is 4.79 Å². The molecule has 1 aromatic carbocycles. The van der Waals surface area contributed by atoms with Crippen LogP contribution in [-0.4, -0.2) is 23.8 Å². The monoisotopic (exact) mass is 292 g/mol. The van der Waals surface area contributed by atoms with Gasteiger partial charge in [-0.1, -0.05) is 20.3 Å². The summed E-state index contributed by atoms with van der Waals surface area (Å²) in [5.74, 6) is -1.85. The van der Waals surface area contributed by atoms with Crippen LogP contribution in [0.3, 0.4) is 0 Å². The zero-order chi connectivity index (χ0) is 16.2. The zero-order valence-corrected chi connectivity index (χ0v) is 12.1. The van der Waals surface area contributed by atoms with Gasteiger partial charge in [0.2, 0.25) is 17.7 Å². The van der Waals surface area contributed by atoms with Gasteiger partial charge in [0.25, 0.3) is 0 Å². The number of hydrogen-bond acceptors (Lipinski definition) is 4. The van der Waals surface area contributed by atoms with Gasteiger partial charge in [0.1, 0.15) is 0 Å². The van der Waals surface area contributed by atoms with Crippen LogP contribution in [0.5, 0.6) is 0 Å². The number of anilines is 1. The Morgan fingerprint density at radius 3 is 1.95 bits per heavy atom. The van der Waals surface area contributed by atoms with Crippen molar-refractivity contribution in [1.82, 2.24) is 0 Å². The first kappa shape index (κ1) is 16.6. The third-order valence-electron chi connectivity index (χ3n) is 3.33. The van der Waals surface area contributed by atoms with Gasteiger partial charge in [0.15, 0.2) is 0 Å². The molecule has 0 radical (unpaired) electrons. The Morgan fingerprint density at radius 1 is 1.10 bits per heavy atom. The van der Waals surface area contributed by atoms with E-state index in [2.05, 4.69) is 5.32 Å². The second-order valence-electron chi connectivity index (χ2n) is 4.93. The molecule has 0 bridgehead atoms. The Bertz CT molecular complexity index is 539. The van der Waals surface area contributed by atoms with Gasteiger partial charge in [0, 0.05) is 16.8 Å². The lowest BCUT2D eigenvalue weighted by molar-refractivity contribution is -0.118. The summed E-state index contributed by atoms with van der Waals surface area (Å²) in [6.07, 6.45) is 0.752. The van der Waals surface area contributed by atoms with Crippen molar-refractivity contribution in [2.75, 3.05) is 5.32 Å². The standard InChI is InChI=1S/C14H20N4O3/c1-3-7(2)11(15)14(21)18-10-5-8(12(16)19)4-9(6-10)13(17)20/h4-7,11H,3,15H2,1-2H3,(H2,16,19)(H2,17,20)(H,18,21). The molecule has 2 atom stereocenters. The Kier molecular flexibility index (Phi) is 5.43. The lowest BCUT2D eigenvalue weighted by atomic mass is 9.99. The number of rotatable bonds is 6. The number of nitrogens with one attached hydrogen (secondary N) is 1. The van der Waals surface area contributed by atoms with Crippen molar-refractivity contribution < 1.29 is 14.4 Å². The summed E-state index contributed by atoms with van der Waals surface area (Å²) < 4.78 is 0. The van der Waals surface area contributed by atoms with Crippen LogP contribution in [0.25, 0.3) is 0 Å². The first-order valence-electron chi connectivity index (χ1n) is 6.57. The number of carbonyl (C=O) groups excluding carboxylic acids is 3. The molecule has 0 saturated heterocycles. The average molecular weight is 292 g/mol. The van der Waals surface area contributed by atoms with Crippen LogP contribution >= 0.6 is 0 Å². The first-order valence-corrected chi connectivity index (χ1v) is 6.57. The van der Waals surface area contributed by atoms with Gasteiger partial charge in [-0.25, -0.2) is 0 Å². The molecule has 1 rings (SSSR count). The highest BCUT2D eigenvalue weighted by molar-refractivity contribution is 6.02. The molecule has 2 unspecified atom stereocenters. The van der Waals surface area contributed by atoms with Crippen LogP contribution in [0.2, 0.25) is 0 Å². The molecule has 7 N–H and O–H groups in total. The molecular formula is C14H20N4O3. The summed E-state index contributed by atoms with van der Waals surface area (Å²) in [6.45, 7) is 3.79. The largest absolute Gasteiger partial charge is 0.366 e. The van der Waals surface area contributed by atoms with Crippen LogP contribution in [0.1, 0.15) is 41.0 Å². The molecule has 0 spiro atoms. The Hall–Kier alpha value is -2.41. The van der Waals surface area contributed by atoms with Crippen LogP contribution in [0.4, 0.5) is 5.69 Å². The molecule has 1 aromatic rings. The van der Waals surface area contributed by atoms with E-state index in [9.17, 15) is 14.4 Å². The van der Waals surface area contributed by atoms with Gasteiger partial charge in [-0.05, 0) is 24.1 Å². The normalized spacial score (nSPS) is 13.3. The van der Waals surface area contributed by atoms with Crippen LogP contribution < -0.4 is 22.5 Å². The summed E-state index contributed by atoms with van der Waals surface area (Å²) in [6, 6.07) is 3.32. The number of amides is 3. The SMILES string of the molecule is CCC(C)C(N)C(=O)Nc1cc(C(N)=O)cc(C(N)=O)c1. The first-order chi connectivity index (χ1) is 9.76. The minimum atomic E-state index is -0.722. The second-order valence-corrected chi connectivity index (χ2v) is 4.93. The van der Waals surface area contributed by atoms with Crippen molar-refractivity contribution in [3.8, 4) is 0 Å². The number of hydrogen-bond donors (Lipinski definition) is 4. The molecule has 0 aliphatic heterocycles. The highest BCUT2D eigenvalue weighted by Crippen LogP contribution is 2.16. The Balaban J connectivity index is 3.05. The van der Waals surface area contributed by atoms with E-state index in [1.54, 1.807) is 0 Å². The predicted octanol–water partition coefficient (Wildman–Crippen LogP) is 0.196. The lowest BCUT2D eigenvalue weighted by Crippen LogP contribution is -2.40. The van der Waals surface area contributed by atoms with Crippen molar-refractivity contribution in [3.63, 3.8) is 0 Å². The van der Waals surface area contributed by atoms with Crippen molar-refractivity contribution in [3.05, 3.63) is 29.3 Å². The highest BCUT2D eigenvalue weighted by atomic mass is 16.2. The molecule has 7 nitrogen and oxygen atoms in total. The minimum absolute atomic E-state index is 0.0000612. The third-order valence-corrected chi connectivity index (χ3v) is 3.33. The quantitative estimate of drug-likeness (QED) is 0.594. The molecule has 0 saturated carbocycles. The molecule has 114 valence electrons. The molecule has 0 heterocycles. The minimum Gasteiger partial charge on any atom is -0.366 e.